The Kier molecular flexibility index (Phi) is 3.11. The number of benzene rings is 1. The maximum absolute atomic E-state index is 12.2. The van der Waals surface area contributed by atoms with Crippen LogP contribution in [0, 0.1) is 6.92 Å². The van der Waals surface area contributed by atoms with Crippen molar-refractivity contribution in [1.29, 1.82) is 0 Å². The third-order valence-corrected chi connectivity index (χ3v) is 2.79. The minimum Gasteiger partial charge on any atom is -0.456 e. The number of ether oxygens (including phenoxy) is 1. The summed E-state index contributed by atoms with van der Waals surface area (Å²) >= 11 is 5.97. The molecular formula is C14H16ClNO2. The summed E-state index contributed by atoms with van der Waals surface area (Å²) in [5.41, 5.74) is 1.73. The topological polar surface area (TPSA) is 42.1 Å². The minimum atomic E-state index is -0.508. The van der Waals surface area contributed by atoms with Gasteiger partial charge in [0.2, 0.25) is 0 Å². The maximum atomic E-state index is 12.2. The van der Waals surface area contributed by atoms with Crippen molar-refractivity contribution in [2.24, 2.45) is 0 Å². The number of aryl methyl sites for hydroxylation is 1. The summed E-state index contributed by atoms with van der Waals surface area (Å²) < 4.78 is 5.41. The third-order valence-electron chi connectivity index (χ3n) is 2.55. The number of carbonyl (C=O) groups is 1. The number of aromatic nitrogens is 1. The predicted molar refractivity (Wildman–Crippen MR) is 73.2 cm³/mol. The monoisotopic (exact) mass is 265 g/mol. The van der Waals surface area contributed by atoms with Crippen LogP contribution in [-0.2, 0) is 4.74 Å². The van der Waals surface area contributed by atoms with Crippen LogP contribution in [0.25, 0.3) is 10.9 Å². The highest BCUT2D eigenvalue weighted by atomic mass is 35.5. The molecule has 0 atom stereocenters. The molecule has 4 heteroatoms. The number of fused-ring (bicyclic) bond motifs is 1. The van der Waals surface area contributed by atoms with Crippen molar-refractivity contribution in [3.8, 4) is 0 Å². The van der Waals surface area contributed by atoms with Gasteiger partial charge >= 0.3 is 5.97 Å². The molecule has 0 saturated carbocycles. The zero-order valence-electron chi connectivity index (χ0n) is 10.9. The standard InChI is InChI=1S/C14H16ClNO2/c1-8-12(13(17)18-14(2,3)4)10-7-9(15)5-6-11(10)16-8/h5-7,16H,1-4H3. The molecule has 0 aliphatic carbocycles. The molecule has 0 fully saturated rings. The van der Waals surface area contributed by atoms with Crippen LogP contribution >= 0.6 is 11.6 Å². The summed E-state index contributed by atoms with van der Waals surface area (Å²) in [6.07, 6.45) is 0. The van der Waals surface area contributed by atoms with Crippen molar-refractivity contribution in [3.63, 3.8) is 0 Å². The van der Waals surface area contributed by atoms with Gasteiger partial charge in [0.05, 0.1) is 5.56 Å². The number of H-pyrrole nitrogens is 1. The van der Waals surface area contributed by atoms with Gasteiger partial charge in [0.15, 0.2) is 0 Å². The fourth-order valence-electron chi connectivity index (χ4n) is 1.89. The highest BCUT2D eigenvalue weighted by Gasteiger charge is 2.22. The Hall–Kier alpha value is -1.48. The first-order valence-corrected chi connectivity index (χ1v) is 6.17. The van der Waals surface area contributed by atoms with E-state index in [2.05, 4.69) is 4.98 Å². The van der Waals surface area contributed by atoms with Crippen LogP contribution in [0.5, 0.6) is 0 Å². The van der Waals surface area contributed by atoms with Gasteiger partial charge in [-0.2, -0.15) is 0 Å². The Morgan fingerprint density at radius 3 is 2.61 bits per heavy atom. The second kappa shape index (κ2) is 4.32. The highest BCUT2D eigenvalue weighted by molar-refractivity contribution is 6.31. The lowest BCUT2D eigenvalue weighted by Gasteiger charge is -2.19. The normalized spacial score (nSPS) is 11.8. The van der Waals surface area contributed by atoms with Gasteiger partial charge in [0.1, 0.15) is 5.60 Å². The fourth-order valence-corrected chi connectivity index (χ4v) is 2.06. The second-order valence-electron chi connectivity index (χ2n) is 5.32. The minimum absolute atomic E-state index is 0.325. The Labute approximate surface area is 111 Å². The molecule has 1 heterocycles. The van der Waals surface area contributed by atoms with Gasteiger partial charge in [-0.25, -0.2) is 4.79 Å². The summed E-state index contributed by atoms with van der Waals surface area (Å²) in [7, 11) is 0. The third kappa shape index (κ3) is 2.51. The van der Waals surface area contributed by atoms with Crippen LogP contribution in [0.4, 0.5) is 0 Å². The summed E-state index contributed by atoms with van der Waals surface area (Å²) in [6.45, 7) is 7.40. The Bertz CT molecular complexity index is 608. The molecule has 0 aliphatic rings. The average Bonchev–Trinajstić information content (AvgIpc) is 2.50. The molecule has 0 bridgehead atoms. The molecule has 18 heavy (non-hydrogen) atoms. The van der Waals surface area contributed by atoms with Gasteiger partial charge in [-0.05, 0) is 45.9 Å². The van der Waals surface area contributed by atoms with Crippen LogP contribution in [0.3, 0.4) is 0 Å². The molecular weight excluding hydrogens is 250 g/mol. The van der Waals surface area contributed by atoms with Crippen molar-refractivity contribution in [2.45, 2.75) is 33.3 Å². The van der Waals surface area contributed by atoms with Crippen LogP contribution < -0.4 is 0 Å². The summed E-state index contributed by atoms with van der Waals surface area (Å²) in [5.74, 6) is -0.325. The molecule has 96 valence electrons. The van der Waals surface area contributed by atoms with Crippen LogP contribution in [-0.4, -0.2) is 16.6 Å². The van der Waals surface area contributed by atoms with E-state index in [1.54, 1.807) is 12.1 Å². The van der Waals surface area contributed by atoms with Gasteiger partial charge < -0.3 is 9.72 Å². The molecule has 3 nitrogen and oxygen atoms in total. The summed E-state index contributed by atoms with van der Waals surface area (Å²) in [5, 5.41) is 1.40. The van der Waals surface area contributed by atoms with E-state index in [1.807, 2.05) is 33.8 Å². The molecule has 1 aromatic carbocycles. The van der Waals surface area contributed by atoms with Crippen molar-refractivity contribution in [2.75, 3.05) is 0 Å². The molecule has 0 unspecified atom stereocenters. The predicted octanol–water partition coefficient (Wildman–Crippen LogP) is 4.09. The maximum Gasteiger partial charge on any atom is 0.341 e. The lowest BCUT2D eigenvalue weighted by atomic mass is 10.1. The quantitative estimate of drug-likeness (QED) is 0.789. The van der Waals surface area contributed by atoms with E-state index < -0.39 is 5.60 Å². The molecule has 2 rings (SSSR count). The van der Waals surface area contributed by atoms with Gasteiger partial charge in [-0.15, -0.1) is 0 Å². The number of esters is 1. The molecule has 2 aromatic rings. The van der Waals surface area contributed by atoms with E-state index in [9.17, 15) is 4.79 Å². The highest BCUT2D eigenvalue weighted by Crippen LogP contribution is 2.27. The Morgan fingerprint density at radius 2 is 2.00 bits per heavy atom. The zero-order chi connectivity index (χ0) is 13.5. The molecule has 1 aromatic heterocycles. The van der Waals surface area contributed by atoms with Crippen LogP contribution in [0.1, 0.15) is 36.8 Å². The first-order chi connectivity index (χ1) is 8.28. The van der Waals surface area contributed by atoms with Gasteiger partial charge in [0.25, 0.3) is 0 Å². The number of hydrogen-bond donors (Lipinski definition) is 1. The Balaban J connectivity index is 2.53. The molecule has 0 radical (unpaired) electrons. The molecule has 1 N–H and O–H groups in total. The average molecular weight is 266 g/mol. The number of carbonyl (C=O) groups excluding carboxylic acids is 1. The number of halogens is 1. The number of hydrogen-bond acceptors (Lipinski definition) is 2. The Morgan fingerprint density at radius 1 is 1.33 bits per heavy atom. The molecule has 0 saturated heterocycles. The van der Waals surface area contributed by atoms with Crippen LogP contribution in [0.15, 0.2) is 18.2 Å². The molecule has 0 amide bonds. The number of rotatable bonds is 1. The van der Waals surface area contributed by atoms with E-state index in [0.29, 0.717) is 10.6 Å². The van der Waals surface area contributed by atoms with Crippen LogP contribution in [0.2, 0.25) is 5.02 Å². The summed E-state index contributed by atoms with van der Waals surface area (Å²) in [4.78, 5) is 15.3. The first kappa shape index (κ1) is 13.0. The van der Waals surface area contributed by atoms with E-state index in [1.165, 1.54) is 0 Å². The summed E-state index contributed by atoms with van der Waals surface area (Å²) in [6, 6.07) is 5.43. The fraction of sp³-hybridized carbons (Fsp3) is 0.357. The number of nitrogens with one attached hydrogen (secondary N) is 1. The first-order valence-electron chi connectivity index (χ1n) is 5.79. The molecule has 0 spiro atoms. The van der Waals surface area contributed by atoms with E-state index >= 15 is 0 Å². The van der Waals surface area contributed by atoms with Crippen molar-refractivity contribution in [1.82, 2.24) is 4.98 Å². The lowest BCUT2D eigenvalue weighted by molar-refractivity contribution is 0.00711. The van der Waals surface area contributed by atoms with Crippen molar-refractivity contribution < 1.29 is 9.53 Å². The van der Waals surface area contributed by atoms with Gasteiger partial charge in [0, 0.05) is 21.6 Å². The second-order valence-corrected chi connectivity index (χ2v) is 5.75. The van der Waals surface area contributed by atoms with Gasteiger partial charge in [-0.3, -0.25) is 0 Å². The lowest BCUT2D eigenvalue weighted by Crippen LogP contribution is -2.24. The van der Waals surface area contributed by atoms with Gasteiger partial charge in [-0.1, -0.05) is 11.6 Å². The zero-order valence-corrected chi connectivity index (χ0v) is 11.7. The van der Waals surface area contributed by atoms with E-state index in [4.69, 9.17) is 16.3 Å². The van der Waals surface area contributed by atoms with E-state index in [0.717, 1.165) is 16.6 Å². The van der Waals surface area contributed by atoms with Crippen molar-refractivity contribution >= 4 is 28.5 Å². The smallest absolute Gasteiger partial charge is 0.341 e. The SMILES string of the molecule is Cc1[nH]c2ccc(Cl)cc2c1C(=O)OC(C)(C)C. The van der Waals surface area contributed by atoms with E-state index in [-0.39, 0.29) is 5.97 Å². The number of aromatic amines is 1. The largest absolute Gasteiger partial charge is 0.456 e. The molecule has 0 aliphatic heterocycles. The van der Waals surface area contributed by atoms with Crippen molar-refractivity contribution in [3.05, 3.63) is 34.5 Å².